The van der Waals surface area contributed by atoms with Crippen LogP contribution in [0.1, 0.15) is 10.4 Å². The molecule has 0 bridgehead atoms. The Kier molecular flexibility index (Phi) is 4.08. The summed E-state index contributed by atoms with van der Waals surface area (Å²) in [6.45, 7) is 2.03. The third kappa shape index (κ3) is 3.17. The van der Waals surface area contributed by atoms with Crippen molar-refractivity contribution in [2.75, 3.05) is 5.43 Å². The van der Waals surface area contributed by atoms with E-state index >= 15 is 0 Å². The minimum atomic E-state index is -0.294. The van der Waals surface area contributed by atoms with Gasteiger partial charge in [-0.25, -0.2) is 9.37 Å². The van der Waals surface area contributed by atoms with Gasteiger partial charge in [-0.3, -0.25) is 5.43 Å². The molecule has 3 nitrogen and oxygen atoms in total. The first-order valence-electron chi connectivity index (χ1n) is 6.29. The highest BCUT2D eigenvalue weighted by Gasteiger charge is 2.09. The number of nitrogens with one attached hydrogen (secondary N) is 1. The standard InChI is InChI=1S/C15H12FN3S2/c1-10-14(13-7-4-8-20-13)18-15(21-10)19-17-9-11-5-2-3-6-12(11)16/h2-9H,1H3,(H,18,19)/b17-9-. The molecule has 0 saturated heterocycles. The number of hydrazone groups is 1. The lowest BCUT2D eigenvalue weighted by Gasteiger charge is -1.95. The van der Waals surface area contributed by atoms with Crippen LogP contribution >= 0.6 is 22.7 Å². The molecule has 0 radical (unpaired) electrons. The van der Waals surface area contributed by atoms with Gasteiger partial charge in [-0.2, -0.15) is 5.10 Å². The summed E-state index contributed by atoms with van der Waals surface area (Å²) in [5, 5.41) is 6.77. The molecule has 0 unspecified atom stereocenters. The fourth-order valence-electron chi connectivity index (χ4n) is 1.82. The summed E-state index contributed by atoms with van der Waals surface area (Å²) in [6, 6.07) is 10.5. The molecule has 6 heteroatoms. The SMILES string of the molecule is Cc1sc(N/N=C\c2ccccc2F)nc1-c1cccs1. The molecule has 1 N–H and O–H groups in total. The predicted molar refractivity (Wildman–Crippen MR) is 87.8 cm³/mol. The first-order valence-corrected chi connectivity index (χ1v) is 7.98. The van der Waals surface area contributed by atoms with E-state index in [4.69, 9.17) is 0 Å². The second-order valence-corrected chi connectivity index (χ2v) is 6.44. The zero-order valence-electron chi connectivity index (χ0n) is 11.2. The van der Waals surface area contributed by atoms with Crippen molar-refractivity contribution in [2.24, 2.45) is 5.10 Å². The highest BCUT2D eigenvalue weighted by atomic mass is 32.1. The normalized spacial score (nSPS) is 11.1. The van der Waals surface area contributed by atoms with E-state index in [-0.39, 0.29) is 5.82 Å². The quantitative estimate of drug-likeness (QED) is 0.556. The third-order valence-electron chi connectivity index (χ3n) is 2.82. The van der Waals surface area contributed by atoms with Gasteiger partial charge in [0, 0.05) is 10.4 Å². The van der Waals surface area contributed by atoms with E-state index in [9.17, 15) is 4.39 Å². The average Bonchev–Trinajstić information content (AvgIpc) is 3.10. The number of halogens is 1. The predicted octanol–water partition coefficient (Wildman–Crippen LogP) is 4.77. The highest BCUT2D eigenvalue weighted by Crippen LogP contribution is 2.32. The monoisotopic (exact) mass is 317 g/mol. The number of aromatic nitrogens is 1. The maximum atomic E-state index is 13.4. The summed E-state index contributed by atoms with van der Waals surface area (Å²) >= 11 is 3.18. The first kappa shape index (κ1) is 13.9. The Hall–Kier alpha value is -2.05. The zero-order valence-corrected chi connectivity index (χ0v) is 12.8. The number of hydrogen-bond donors (Lipinski definition) is 1. The number of hydrogen-bond acceptors (Lipinski definition) is 5. The smallest absolute Gasteiger partial charge is 0.204 e. The fourth-order valence-corrected chi connectivity index (χ4v) is 3.44. The van der Waals surface area contributed by atoms with Gasteiger partial charge in [0.1, 0.15) is 5.82 Å². The summed E-state index contributed by atoms with van der Waals surface area (Å²) in [7, 11) is 0. The van der Waals surface area contributed by atoms with Crippen molar-refractivity contribution in [1.82, 2.24) is 4.98 Å². The molecule has 0 aliphatic carbocycles. The van der Waals surface area contributed by atoms with Crippen molar-refractivity contribution in [3.8, 4) is 10.6 Å². The number of rotatable bonds is 4. The Labute approximate surface area is 129 Å². The van der Waals surface area contributed by atoms with Crippen LogP contribution in [0.5, 0.6) is 0 Å². The minimum Gasteiger partial charge on any atom is -0.253 e. The Morgan fingerprint density at radius 2 is 2.10 bits per heavy atom. The van der Waals surface area contributed by atoms with Crippen molar-refractivity contribution in [1.29, 1.82) is 0 Å². The van der Waals surface area contributed by atoms with E-state index in [0.717, 1.165) is 15.4 Å². The summed E-state index contributed by atoms with van der Waals surface area (Å²) in [4.78, 5) is 6.78. The van der Waals surface area contributed by atoms with E-state index < -0.39 is 0 Å². The van der Waals surface area contributed by atoms with Crippen molar-refractivity contribution in [3.63, 3.8) is 0 Å². The van der Waals surface area contributed by atoms with Crippen LogP contribution < -0.4 is 5.43 Å². The Morgan fingerprint density at radius 3 is 2.86 bits per heavy atom. The van der Waals surface area contributed by atoms with E-state index in [2.05, 4.69) is 15.5 Å². The van der Waals surface area contributed by atoms with Crippen LogP contribution in [-0.2, 0) is 0 Å². The van der Waals surface area contributed by atoms with Gasteiger partial charge in [0.05, 0.1) is 16.8 Å². The highest BCUT2D eigenvalue weighted by molar-refractivity contribution is 7.17. The number of benzene rings is 1. The molecule has 2 aromatic heterocycles. The summed E-state index contributed by atoms with van der Waals surface area (Å²) in [5.41, 5.74) is 4.27. The summed E-state index contributed by atoms with van der Waals surface area (Å²) < 4.78 is 13.4. The maximum absolute atomic E-state index is 13.4. The van der Waals surface area contributed by atoms with Crippen LogP contribution in [0.15, 0.2) is 46.9 Å². The molecular formula is C15H12FN3S2. The molecule has 0 fully saturated rings. The van der Waals surface area contributed by atoms with Gasteiger partial charge >= 0.3 is 0 Å². The minimum absolute atomic E-state index is 0.294. The van der Waals surface area contributed by atoms with Gasteiger partial charge in [0.25, 0.3) is 0 Å². The number of nitrogens with zero attached hydrogens (tertiary/aromatic N) is 2. The molecule has 3 rings (SSSR count). The average molecular weight is 317 g/mol. The first-order chi connectivity index (χ1) is 10.2. The molecule has 106 valence electrons. The molecule has 1 aromatic carbocycles. The van der Waals surface area contributed by atoms with Crippen molar-refractivity contribution < 1.29 is 4.39 Å². The van der Waals surface area contributed by atoms with Gasteiger partial charge < -0.3 is 0 Å². The van der Waals surface area contributed by atoms with Gasteiger partial charge in [-0.1, -0.05) is 24.3 Å². The van der Waals surface area contributed by atoms with E-state index in [1.165, 1.54) is 23.6 Å². The molecular weight excluding hydrogens is 305 g/mol. The molecule has 21 heavy (non-hydrogen) atoms. The van der Waals surface area contributed by atoms with Crippen molar-refractivity contribution >= 4 is 34.0 Å². The van der Waals surface area contributed by atoms with Gasteiger partial charge in [0.15, 0.2) is 0 Å². The van der Waals surface area contributed by atoms with Crippen LogP contribution in [0.2, 0.25) is 0 Å². The van der Waals surface area contributed by atoms with E-state index in [1.807, 2.05) is 24.4 Å². The number of thiophene rings is 1. The second-order valence-electron chi connectivity index (χ2n) is 4.29. The van der Waals surface area contributed by atoms with Crippen LogP contribution in [0.4, 0.5) is 9.52 Å². The molecule has 2 heterocycles. The molecule has 0 aliphatic heterocycles. The van der Waals surface area contributed by atoms with Crippen LogP contribution in [0.25, 0.3) is 10.6 Å². The lowest BCUT2D eigenvalue weighted by molar-refractivity contribution is 0.626. The van der Waals surface area contributed by atoms with Crippen LogP contribution in [0, 0.1) is 12.7 Å². The molecule has 0 atom stereocenters. The van der Waals surface area contributed by atoms with Crippen LogP contribution in [0.3, 0.4) is 0 Å². The fraction of sp³-hybridized carbons (Fsp3) is 0.0667. The largest absolute Gasteiger partial charge is 0.253 e. The molecule has 3 aromatic rings. The summed E-state index contributed by atoms with van der Waals surface area (Å²) in [5.74, 6) is -0.294. The Balaban J connectivity index is 1.75. The lowest BCUT2D eigenvalue weighted by Crippen LogP contribution is -1.92. The summed E-state index contributed by atoms with van der Waals surface area (Å²) in [6.07, 6.45) is 1.46. The lowest BCUT2D eigenvalue weighted by atomic mass is 10.2. The Morgan fingerprint density at radius 1 is 1.24 bits per heavy atom. The number of anilines is 1. The van der Waals surface area contributed by atoms with Gasteiger partial charge in [-0.05, 0) is 24.4 Å². The third-order valence-corrected chi connectivity index (χ3v) is 4.57. The second kappa shape index (κ2) is 6.15. The number of thiazole rings is 1. The molecule has 0 saturated carbocycles. The maximum Gasteiger partial charge on any atom is 0.204 e. The molecule has 0 amide bonds. The van der Waals surface area contributed by atoms with E-state index in [1.54, 1.807) is 29.5 Å². The molecule has 0 aliphatic rings. The topological polar surface area (TPSA) is 37.3 Å². The van der Waals surface area contributed by atoms with Gasteiger partial charge in [-0.15, -0.1) is 22.7 Å². The van der Waals surface area contributed by atoms with Gasteiger partial charge in [0.2, 0.25) is 5.13 Å². The Bertz CT molecular complexity index is 763. The zero-order chi connectivity index (χ0) is 14.7. The van der Waals surface area contributed by atoms with Crippen molar-refractivity contribution in [2.45, 2.75) is 6.92 Å². The van der Waals surface area contributed by atoms with E-state index in [0.29, 0.717) is 10.7 Å². The van der Waals surface area contributed by atoms with Crippen molar-refractivity contribution in [3.05, 3.63) is 58.0 Å². The number of aryl methyl sites for hydroxylation is 1. The van der Waals surface area contributed by atoms with Crippen LogP contribution in [-0.4, -0.2) is 11.2 Å². The molecule has 0 spiro atoms.